The van der Waals surface area contributed by atoms with Crippen LogP contribution in [0.4, 0.5) is 5.69 Å². The zero-order valence-electron chi connectivity index (χ0n) is 16.0. The van der Waals surface area contributed by atoms with Crippen molar-refractivity contribution in [3.63, 3.8) is 0 Å². The molecule has 1 fully saturated rings. The van der Waals surface area contributed by atoms with Crippen LogP contribution in [-0.4, -0.2) is 23.9 Å². The number of ether oxygens (including phenoxy) is 1. The summed E-state index contributed by atoms with van der Waals surface area (Å²) in [5.74, 6) is -1.01. The van der Waals surface area contributed by atoms with Gasteiger partial charge in [-0.3, -0.25) is 14.5 Å². The largest absolute Gasteiger partial charge is 0.507 e. The lowest BCUT2D eigenvalue weighted by molar-refractivity contribution is -0.132. The second-order valence-electron chi connectivity index (χ2n) is 6.70. The van der Waals surface area contributed by atoms with Crippen LogP contribution in [0.1, 0.15) is 22.0 Å². The second kappa shape index (κ2) is 7.56. The minimum Gasteiger partial charge on any atom is -0.507 e. The highest BCUT2D eigenvalue weighted by Gasteiger charge is 2.47. The van der Waals surface area contributed by atoms with Crippen LogP contribution in [0, 0.1) is 6.92 Å². The first-order valence-electron chi connectivity index (χ1n) is 9.07. The number of Topliss-reactive ketones (excluding diaryl/α,β-unsaturated/α-hetero) is 1. The van der Waals surface area contributed by atoms with Gasteiger partial charge in [0.05, 0.1) is 12.7 Å². The van der Waals surface area contributed by atoms with Crippen molar-refractivity contribution in [3.8, 4) is 5.75 Å². The van der Waals surface area contributed by atoms with Crippen molar-refractivity contribution in [2.45, 2.75) is 13.0 Å². The van der Waals surface area contributed by atoms with Gasteiger partial charge < -0.3 is 9.84 Å². The van der Waals surface area contributed by atoms with Gasteiger partial charge in [-0.1, -0.05) is 36.4 Å². The Bertz CT molecular complexity index is 1120. The Morgan fingerprint density at radius 1 is 1.07 bits per heavy atom. The molecule has 0 saturated carbocycles. The van der Waals surface area contributed by atoms with E-state index >= 15 is 0 Å². The smallest absolute Gasteiger partial charge is 0.300 e. The number of rotatable bonds is 4. The van der Waals surface area contributed by atoms with Gasteiger partial charge in [-0.15, -0.1) is 11.3 Å². The van der Waals surface area contributed by atoms with Gasteiger partial charge in [0, 0.05) is 16.1 Å². The van der Waals surface area contributed by atoms with Gasteiger partial charge in [0.2, 0.25) is 0 Å². The Kier molecular flexibility index (Phi) is 4.94. The van der Waals surface area contributed by atoms with Crippen molar-refractivity contribution in [2.75, 3.05) is 12.0 Å². The predicted molar refractivity (Wildman–Crippen MR) is 113 cm³/mol. The van der Waals surface area contributed by atoms with Crippen LogP contribution < -0.4 is 9.64 Å². The van der Waals surface area contributed by atoms with Crippen LogP contribution in [0.15, 0.2) is 71.6 Å². The summed E-state index contributed by atoms with van der Waals surface area (Å²) in [6.45, 7) is 1.89. The molecule has 29 heavy (non-hydrogen) atoms. The third kappa shape index (κ3) is 3.21. The molecule has 0 bridgehead atoms. The molecule has 1 aliphatic rings. The molecule has 1 aliphatic heterocycles. The number of carbonyl (C=O) groups is 2. The second-order valence-corrected chi connectivity index (χ2v) is 7.68. The van der Waals surface area contributed by atoms with E-state index in [2.05, 4.69) is 0 Å². The molecule has 2 heterocycles. The van der Waals surface area contributed by atoms with Gasteiger partial charge in [0.25, 0.3) is 11.7 Å². The highest BCUT2D eigenvalue weighted by atomic mass is 32.1. The molecule has 5 nitrogen and oxygen atoms in total. The molecule has 6 heteroatoms. The van der Waals surface area contributed by atoms with Crippen LogP contribution in [0.5, 0.6) is 5.75 Å². The number of hydrogen-bond donors (Lipinski definition) is 1. The van der Waals surface area contributed by atoms with E-state index in [-0.39, 0.29) is 11.3 Å². The number of para-hydroxylation sites is 1. The molecule has 1 saturated heterocycles. The van der Waals surface area contributed by atoms with Crippen molar-refractivity contribution < 1.29 is 19.4 Å². The Morgan fingerprint density at radius 3 is 2.55 bits per heavy atom. The molecule has 1 aromatic heterocycles. The standard InChI is InChI=1S/C23H19NO4S/c1-14-7-3-4-10-17(14)24-20(18-11-6-12-29-18)19(22(26)23(24)27)21(25)15-8-5-9-16(13-15)28-2/h3-13,20,25H,1-2H3/b21-19-. The van der Waals surface area contributed by atoms with Crippen LogP contribution in [0.2, 0.25) is 0 Å². The van der Waals surface area contributed by atoms with Gasteiger partial charge >= 0.3 is 0 Å². The molecule has 1 N–H and O–H groups in total. The summed E-state index contributed by atoms with van der Waals surface area (Å²) >= 11 is 1.44. The molecule has 1 amide bonds. The molecule has 4 rings (SSSR count). The van der Waals surface area contributed by atoms with Gasteiger partial charge in [0.15, 0.2) is 0 Å². The number of amides is 1. The molecule has 0 spiro atoms. The molecule has 0 radical (unpaired) electrons. The molecular formula is C23H19NO4S. The number of methoxy groups -OCH3 is 1. The van der Waals surface area contributed by atoms with Crippen LogP contribution >= 0.6 is 11.3 Å². The van der Waals surface area contributed by atoms with E-state index in [1.165, 1.54) is 23.3 Å². The van der Waals surface area contributed by atoms with Crippen molar-refractivity contribution >= 4 is 34.5 Å². The lowest BCUT2D eigenvalue weighted by atomic mass is 9.99. The fraction of sp³-hybridized carbons (Fsp3) is 0.130. The summed E-state index contributed by atoms with van der Waals surface area (Å²) in [7, 11) is 1.53. The van der Waals surface area contributed by atoms with Crippen LogP contribution in [0.25, 0.3) is 5.76 Å². The topological polar surface area (TPSA) is 66.8 Å². The lowest BCUT2D eigenvalue weighted by Crippen LogP contribution is -2.29. The maximum absolute atomic E-state index is 13.0. The minimum atomic E-state index is -0.702. The first-order chi connectivity index (χ1) is 14.0. The summed E-state index contributed by atoms with van der Waals surface area (Å²) in [4.78, 5) is 28.4. The summed E-state index contributed by atoms with van der Waals surface area (Å²) in [5, 5.41) is 12.9. The number of anilines is 1. The highest BCUT2D eigenvalue weighted by molar-refractivity contribution is 7.10. The molecule has 1 unspecified atom stereocenters. The number of aryl methyl sites for hydroxylation is 1. The highest BCUT2D eigenvalue weighted by Crippen LogP contribution is 2.44. The van der Waals surface area contributed by atoms with Crippen molar-refractivity contribution in [3.05, 3.63) is 87.6 Å². The summed E-state index contributed by atoms with van der Waals surface area (Å²) < 4.78 is 5.23. The number of benzene rings is 2. The summed E-state index contributed by atoms with van der Waals surface area (Å²) in [5.41, 5.74) is 2.03. The van der Waals surface area contributed by atoms with Crippen molar-refractivity contribution in [1.29, 1.82) is 0 Å². The maximum Gasteiger partial charge on any atom is 0.300 e. The minimum absolute atomic E-state index is 0.0777. The van der Waals surface area contributed by atoms with Crippen molar-refractivity contribution in [1.82, 2.24) is 0 Å². The number of aliphatic hydroxyl groups is 1. The van der Waals surface area contributed by atoms with Gasteiger partial charge in [-0.2, -0.15) is 0 Å². The van der Waals surface area contributed by atoms with Crippen LogP contribution in [0.3, 0.4) is 0 Å². The molecule has 146 valence electrons. The number of carbonyl (C=O) groups excluding carboxylic acids is 2. The average molecular weight is 405 g/mol. The molecular weight excluding hydrogens is 386 g/mol. The van der Waals surface area contributed by atoms with Gasteiger partial charge in [-0.05, 0) is 42.1 Å². The normalized spacial score (nSPS) is 18.3. The van der Waals surface area contributed by atoms with E-state index in [1.54, 1.807) is 24.3 Å². The monoisotopic (exact) mass is 405 g/mol. The van der Waals surface area contributed by atoms with E-state index in [1.807, 2.05) is 48.7 Å². The molecule has 2 aromatic carbocycles. The zero-order chi connectivity index (χ0) is 20.5. The number of aliphatic hydroxyl groups excluding tert-OH is 1. The zero-order valence-corrected chi connectivity index (χ0v) is 16.8. The van der Waals surface area contributed by atoms with Gasteiger partial charge in [-0.25, -0.2) is 0 Å². The third-order valence-electron chi connectivity index (χ3n) is 4.98. The Balaban J connectivity index is 1.94. The predicted octanol–water partition coefficient (Wildman–Crippen LogP) is 4.69. The van der Waals surface area contributed by atoms with E-state index in [0.29, 0.717) is 17.0 Å². The maximum atomic E-state index is 13.0. The summed E-state index contributed by atoms with van der Waals surface area (Å²) in [6.07, 6.45) is 0. The number of hydrogen-bond acceptors (Lipinski definition) is 5. The van der Waals surface area contributed by atoms with E-state index in [0.717, 1.165) is 10.4 Å². The van der Waals surface area contributed by atoms with Crippen LogP contribution in [-0.2, 0) is 9.59 Å². The fourth-order valence-corrected chi connectivity index (χ4v) is 4.38. The van der Waals surface area contributed by atoms with E-state index < -0.39 is 17.7 Å². The van der Waals surface area contributed by atoms with Gasteiger partial charge in [0.1, 0.15) is 17.6 Å². The summed E-state index contributed by atoms with van der Waals surface area (Å²) in [6, 6.07) is 17.3. The molecule has 0 aliphatic carbocycles. The quantitative estimate of drug-likeness (QED) is 0.388. The Labute approximate surface area is 172 Å². The van der Waals surface area contributed by atoms with E-state index in [4.69, 9.17) is 4.74 Å². The Morgan fingerprint density at radius 2 is 1.86 bits per heavy atom. The van der Waals surface area contributed by atoms with E-state index in [9.17, 15) is 14.7 Å². The fourth-order valence-electron chi connectivity index (χ4n) is 3.56. The average Bonchev–Trinajstić information content (AvgIpc) is 3.35. The SMILES string of the molecule is COc1cccc(/C(O)=C2/C(=O)C(=O)N(c3ccccc3C)C2c2cccs2)c1. The molecule has 3 aromatic rings. The number of thiophene rings is 1. The first kappa shape index (κ1) is 19.0. The Hall–Kier alpha value is -3.38. The molecule has 1 atom stereocenters. The number of nitrogens with zero attached hydrogens (tertiary/aromatic N) is 1. The first-order valence-corrected chi connectivity index (χ1v) is 9.95. The third-order valence-corrected chi connectivity index (χ3v) is 5.90. The van der Waals surface area contributed by atoms with Crippen molar-refractivity contribution in [2.24, 2.45) is 0 Å². The number of ketones is 1. The lowest BCUT2D eigenvalue weighted by Gasteiger charge is -2.25.